The molecule has 3 rings (SSSR count). The van der Waals surface area contributed by atoms with E-state index in [1.807, 2.05) is 63.2 Å². The summed E-state index contributed by atoms with van der Waals surface area (Å²) >= 11 is 0. The molecule has 0 bridgehead atoms. The molecule has 2 amide bonds. The van der Waals surface area contributed by atoms with Gasteiger partial charge in [0.1, 0.15) is 5.56 Å². The number of pyridine rings is 1. The number of hydrogen-bond donors (Lipinski definition) is 1. The van der Waals surface area contributed by atoms with Crippen LogP contribution in [0.5, 0.6) is 5.88 Å². The monoisotopic (exact) mass is 445 g/mol. The van der Waals surface area contributed by atoms with Gasteiger partial charge >= 0.3 is 0 Å². The average molecular weight is 446 g/mol. The molecular weight excluding hydrogens is 414 g/mol. The van der Waals surface area contributed by atoms with Crippen molar-refractivity contribution in [2.45, 2.75) is 40.2 Å². The van der Waals surface area contributed by atoms with Gasteiger partial charge in [0.15, 0.2) is 0 Å². The summed E-state index contributed by atoms with van der Waals surface area (Å²) in [5.74, 6) is -0.559. The fourth-order valence-corrected chi connectivity index (χ4v) is 3.82. The van der Waals surface area contributed by atoms with E-state index in [1.165, 1.54) is 12.1 Å². The van der Waals surface area contributed by atoms with Gasteiger partial charge in [-0.25, -0.2) is 9.99 Å². The quantitative estimate of drug-likeness (QED) is 0.528. The first-order chi connectivity index (χ1) is 15.8. The second-order valence-corrected chi connectivity index (χ2v) is 8.91. The van der Waals surface area contributed by atoms with E-state index in [1.54, 1.807) is 30.5 Å². The number of carbonyl (C=O) groups is 2. The summed E-state index contributed by atoms with van der Waals surface area (Å²) in [6.07, 6.45) is 2.44. The Morgan fingerprint density at radius 2 is 1.67 bits per heavy atom. The predicted molar refractivity (Wildman–Crippen MR) is 129 cm³/mol. The Morgan fingerprint density at radius 3 is 2.24 bits per heavy atom. The van der Waals surface area contributed by atoms with Gasteiger partial charge in [0.05, 0.1) is 13.2 Å². The third-order valence-electron chi connectivity index (χ3n) is 5.45. The van der Waals surface area contributed by atoms with E-state index < -0.39 is 17.4 Å². The molecule has 0 spiro atoms. The summed E-state index contributed by atoms with van der Waals surface area (Å²) in [6, 6.07) is 19.9. The number of hydrazine groups is 1. The molecule has 33 heavy (non-hydrogen) atoms. The number of hydrogen-bond acceptors (Lipinski definition) is 4. The second kappa shape index (κ2) is 10.3. The molecule has 1 atom stereocenters. The molecule has 0 aliphatic rings. The Bertz CT molecular complexity index is 1090. The lowest BCUT2D eigenvalue weighted by Crippen LogP contribution is -2.51. The molecule has 0 aliphatic heterocycles. The minimum atomic E-state index is -0.449. The molecule has 0 saturated heterocycles. The Kier molecular flexibility index (Phi) is 7.48. The van der Waals surface area contributed by atoms with Crippen molar-refractivity contribution in [3.8, 4) is 5.88 Å². The number of carbonyl (C=O) groups excluding carboxylic acids is 2. The van der Waals surface area contributed by atoms with Crippen molar-refractivity contribution in [1.82, 2.24) is 15.4 Å². The number of amides is 2. The van der Waals surface area contributed by atoms with E-state index in [9.17, 15) is 9.59 Å². The number of methoxy groups -OCH3 is 1. The molecule has 1 heterocycles. The van der Waals surface area contributed by atoms with Crippen LogP contribution in [-0.2, 0) is 6.42 Å². The van der Waals surface area contributed by atoms with Crippen LogP contribution in [0.4, 0.5) is 0 Å². The first-order valence-corrected chi connectivity index (χ1v) is 11.0. The number of nitrogens with zero attached hydrogens (tertiary/aromatic N) is 2. The lowest BCUT2D eigenvalue weighted by Gasteiger charge is -2.40. The van der Waals surface area contributed by atoms with Crippen LogP contribution in [0.25, 0.3) is 0 Å². The molecule has 0 radical (unpaired) electrons. The first kappa shape index (κ1) is 24.0. The maximum absolute atomic E-state index is 13.8. The number of benzene rings is 2. The number of rotatable bonds is 6. The number of nitrogens with one attached hydrogen (secondary N) is 1. The average Bonchev–Trinajstić information content (AvgIpc) is 2.83. The molecule has 1 unspecified atom stereocenters. The summed E-state index contributed by atoms with van der Waals surface area (Å²) in [5, 5.41) is 1.41. The predicted octanol–water partition coefficient (Wildman–Crippen LogP) is 5.23. The number of aryl methyl sites for hydroxylation is 1. The molecule has 1 aromatic heterocycles. The summed E-state index contributed by atoms with van der Waals surface area (Å²) < 4.78 is 5.33. The van der Waals surface area contributed by atoms with Gasteiger partial charge in [0, 0.05) is 11.8 Å². The van der Waals surface area contributed by atoms with Gasteiger partial charge in [-0.15, -0.1) is 0 Å². The summed E-state index contributed by atoms with van der Waals surface area (Å²) in [7, 11) is 1.47. The van der Waals surface area contributed by atoms with Crippen LogP contribution in [0, 0.1) is 5.41 Å². The molecular formula is C27H31N3O3. The van der Waals surface area contributed by atoms with Gasteiger partial charge in [0.2, 0.25) is 5.88 Å². The maximum Gasteiger partial charge on any atom is 0.278 e. The smallest absolute Gasteiger partial charge is 0.278 e. The van der Waals surface area contributed by atoms with Gasteiger partial charge in [-0.05, 0) is 47.2 Å². The Hall–Kier alpha value is -3.67. The van der Waals surface area contributed by atoms with Gasteiger partial charge in [-0.3, -0.25) is 15.0 Å². The molecule has 6 heteroatoms. The van der Waals surface area contributed by atoms with Crippen LogP contribution in [0.1, 0.15) is 65.6 Å². The van der Waals surface area contributed by atoms with Crippen molar-refractivity contribution in [2.24, 2.45) is 5.41 Å². The van der Waals surface area contributed by atoms with E-state index in [0.717, 1.165) is 17.5 Å². The van der Waals surface area contributed by atoms with Crippen LogP contribution in [0.3, 0.4) is 0 Å². The fraction of sp³-hybridized carbons (Fsp3) is 0.296. The van der Waals surface area contributed by atoms with Crippen molar-refractivity contribution in [3.63, 3.8) is 0 Å². The zero-order valence-electron chi connectivity index (χ0n) is 19.8. The molecule has 0 saturated carbocycles. The minimum Gasteiger partial charge on any atom is -0.480 e. The van der Waals surface area contributed by atoms with E-state index in [0.29, 0.717) is 5.56 Å². The van der Waals surface area contributed by atoms with Gasteiger partial charge in [0.25, 0.3) is 11.8 Å². The molecule has 0 fully saturated rings. The highest BCUT2D eigenvalue weighted by Gasteiger charge is 2.37. The largest absolute Gasteiger partial charge is 0.480 e. The highest BCUT2D eigenvalue weighted by Crippen LogP contribution is 2.38. The Balaban J connectivity index is 2.08. The van der Waals surface area contributed by atoms with Crippen LogP contribution in [-0.4, -0.2) is 28.9 Å². The van der Waals surface area contributed by atoms with Crippen LogP contribution in [0.15, 0.2) is 72.9 Å². The zero-order valence-corrected chi connectivity index (χ0v) is 19.8. The third-order valence-corrected chi connectivity index (χ3v) is 5.45. The lowest BCUT2D eigenvalue weighted by molar-refractivity contribution is 0.0286. The fourth-order valence-electron chi connectivity index (χ4n) is 3.82. The van der Waals surface area contributed by atoms with Crippen LogP contribution >= 0.6 is 0 Å². The van der Waals surface area contributed by atoms with Crippen molar-refractivity contribution < 1.29 is 14.3 Å². The van der Waals surface area contributed by atoms with Gasteiger partial charge < -0.3 is 4.74 Å². The SMILES string of the molecule is CCc1ccc(C(=O)NN(C(=O)c2cccnc2OC)C(c2ccccc2)C(C)(C)C)cc1. The van der Waals surface area contributed by atoms with Gasteiger partial charge in [-0.2, -0.15) is 0 Å². The highest BCUT2D eigenvalue weighted by molar-refractivity contribution is 6.00. The van der Waals surface area contributed by atoms with E-state index in [4.69, 9.17) is 4.74 Å². The third kappa shape index (κ3) is 5.58. The highest BCUT2D eigenvalue weighted by atomic mass is 16.5. The van der Waals surface area contributed by atoms with Crippen LogP contribution < -0.4 is 10.2 Å². The topological polar surface area (TPSA) is 71.5 Å². The molecule has 6 nitrogen and oxygen atoms in total. The van der Waals surface area contributed by atoms with Crippen molar-refractivity contribution in [1.29, 1.82) is 0 Å². The Morgan fingerprint density at radius 1 is 1.00 bits per heavy atom. The van der Waals surface area contributed by atoms with E-state index in [2.05, 4.69) is 17.3 Å². The summed E-state index contributed by atoms with van der Waals surface area (Å²) in [5.41, 5.74) is 5.28. The molecule has 0 aliphatic carbocycles. The maximum atomic E-state index is 13.8. The number of aromatic nitrogens is 1. The molecule has 1 N–H and O–H groups in total. The summed E-state index contributed by atoms with van der Waals surface area (Å²) in [6.45, 7) is 8.17. The van der Waals surface area contributed by atoms with E-state index in [-0.39, 0.29) is 17.4 Å². The minimum absolute atomic E-state index is 0.203. The first-order valence-electron chi connectivity index (χ1n) is 11.0. The van der Waals surface area contributed by atoms with Crippen molar-refractivity contribution in [3.05, 3.63) is 95.2 Å². The molecule has 172 valence electrons. The van der Waals surface area contributed by atoms with E-state index >= 15 is 0 Å². The van der Waals surface area contributed by atoms with Gasteiger partial charge in [-0.1, -0.05) is 70.2 Å². The molecule has 3 aromatic rings. The Labute approximate surface area is 195 Å². The lowest BCUT2D eigenvalue weighted by atomic mass is 9.81. The van der Waals surface area contributed by atoms with Crippen molar-refractivity contribution in [2.75, 3.05) is 7.11 Å². The normalized spacial score (nSPS) is 12.0. The second-order valence-electron chi connectivity index (χ2n) is 8.91. The van der Waals surface area contributed by atoms with Crippen molar-refractivity contribution >= 4 is 11.8 Å². The summed E-state index contributed by atoms with van der Waals surface area (Å²) in [4.78, 5) is 31.3. The van der Waals surface area contributed by atoms with Crippen LogP contribution in [0.2, 0.25) is 0 Å². The standard InChI is InChI=1S/C27H31N3O3/c1-6-19-14-16-21(17-15-19)24(31)29-30(26(32)22-13-10-18-28-25(22)33-5)23(27(2,3)4)20-11-8-7-9-12-20/h7-18,23H,6H2,1-5H3,(H,29,31). The molecule has 2 aromatic carbocycles. The number of ether oxygens (including phenoxy) is 1. The zero-order chi connectivity index (χ0) is 24.0.